The van der Waals surface area contributed by atoms with Gasteiger partial charge in [0.25, 0.3) is 0 Å². The third-order valence-corrected chi connectivity index (χ3v) is 5.49. The summed E-state index contributed by atoms with van der Waals surface area (Å²) in [4.78, 5) is 19.1. The summed E-state index contributed by atoms with van der Waals surface area (Å²) in [7, 11) is 0. The van der Waals surface area contributed by atoms with E-state index in [1.807, 2.05) is 0 Å². The van der Waals surface area contributed by atoms with Gasteiger partial charge in [-0.3, -0.25) is 4.79 Å². The Balaban J connectivity index is 0. The number of rotatable bonds is 13. The Hall–Kier alpha value is -1.54. The molecule has 0 amide bonds. The number of hydrogen-bond donors (Lipinski definition) is 17. The van der Waals surface area contributed by atoms with Gasteiger partial charge in [-0.1, -0.05) is 0 Å². The summed E-state index contributed by atoms with van der Waals surface area (Å²) >= 11 is 0. The number of aliphatic hydroxyl groups excluding tert-OH is 15. The van der Waals surface area contributed by atoms with Crippen molar-refractivity contribution < 1.29 is 96.0 Å². The number of aldehydes is 1. The van der Waals surface area contributed by atoms with E-state index in [1.54, 1.807) is 0 Å². The summed E-state index contributed by atoms with van der Waals surface area (Å²) < 4.78 is 5.01. The van der Waals surface area contributed by atoms with Crippen molar-refractivity contribution >= 4 is 12.3 Å². The van der Waals surface area contributed by atoms with Crippen LogP contribution in [0.1, 0.15) is 0 Å². The lowest BCUT2D eigenvalue weighted by Gasteiger charge is -2.43. The van der Waals surface area contributed by atoms with Crippen molar-refractivity contribution in [3.05, 3.63) is 0 Å². The van der Waals surface area contributed by atoms with Crippen LogP contribution in [0.4, 0.5) is 0 Å². The molecule has 40 heavy (non-hydrogen) atoms. The molecule has 1 fully saturated rings. The largest absolute Gasteiger partial charge is 0.480 e. The van der Waals surface area contributed by atoms with E-state index >= 15 is 0 Å². The molecule has 1 saturated heterocycles. The molecule has 1 rings (SSSR count). The third-order valence-electron chi connectivity index (χ3n) is 5.49. The Morgan fingerprint density at radius 2 is 1.15 bits per heavy atom. The van der Waals surface area contributed by atoms with E-state index in [4.69, 9.17) is 45.6 Å². The van der Waals surface area contributed by atoms with E-state index in [0.717, 1.165) is 0 Å². The second kappa shape index (κ2) is 20.4. The molecule has 0 saturated carbocycles. The van der Waals surface area contributed by atoms with E-state index in [1.165, 1.54) is 0 Å². The van der Waals surface area contributed by atoms with Gasteiger partial charge < -0.3 is 97.0 Å². The number of ether oxygens (including phenoxy) is 1. The fraction of sp³-hybridized carbons (Fsp3) is 0.900. The lowest BCUT2D eigenvalue weighted by atomic mass is 9.88. The average Bonchev–Trinajstić information content (AvgIpc) is 2.96. The van der Waals surface area contributed by atoms with Crippen molar-refractivity contribution in [3.63, 3.8) is 0 Å². The molecule has 240 valence electrons. The minimum absolute atomic E-state index is 0.0258. The van der Waals surface area contributed by atoms with Crippen LogP contribution in [-0.4, -0.2) is 206 Å². The van der Waals surface area contributed by atoms with Crippen molar-refractivity contribution in [2.45, 2.75) is 85.5 Å². The van der Waals surface area contributed by atoms with Gasteiger partial charge in [0.15, 0.2) is 6.29 Å². The smallest absolute Gasteiger partial charge is 0.317 e. The second-order valence-corrected chi connectivity index (χ2v) is 8.46. The first-order chi connectivity index (χ1) is 18.5. The highest BCUT2D eigenvalue weighted by molar-refractivity contribution is 5.68. The van der Waals surface area contributed by atoms with Crippen molar-refractivity contribution in [3.8, 4) is 0 Å². The number of hydrogen-bond acceptors (Lipinski definition) is 19. The average molecular weight is 600 g/mol. The van der Waals surface area contributed by atoms with Crippen LogP contribution in [-0.2, 0) is 14.3 Å². The second-order valence-electron chi connectivity index (χ2n) is 8.46. The number of aliphatic hydroxyl groups is 15. The molecular formula is C20H41NO19. The van der Waals surface area contributed by atoms with Crippen LogP contribution < -0.4 is 5.73 Å². The van der Waals surface area contributed by atoms with Gasteiger partial charge >= 0.3 is 5.97 Å². The highest BCUT2D eigenvalue weighted by Crippen LogP contribution is 2.25. The molecular weight excluding hydrogens is 558 g/mol. The number of carboxylic acid groups (broad SMARTS) is 1. The van der Waals surface area contributed by atoms with Crippen molar-refractivity contribution in [2.75, 3.05) is 26.4 Å². The van der Waals surface area contributed by atoms with Gasteiger partial charge in [-0.05, 0) is 0 Å². The maximum atomic E-state index is 9.98. The zero-order valence-corrected chi connectivity index (χ0v) is 20.9. The minimum Gasteiger partial charge on any atom is -0.480 e. The van der Waals surface area contributed by atoms with Gasteiger partial charge in [0.1, 0.15) is 85.5 Å². The Morgan fingerprint density at radius 1 is 0.725 bits per heavy atom. The lowest BCUT2D eigenvalue weighted by Crippen LogP contribution is -2.64. The van der Waals surface area contributed by atoms with Crippen LogP contribution in [0, 0.1) is 0 Å². The first-order valence-corrected chi connectivity index (χ1v) is 11.5. The number of nitrogens with two attached hydrogens (primary N) is 1. The third kappa shape index (κ3) is 12.5. The summed E-state index contributed by atoms with van der Waals surface area (Å²) in [6, 6.07) is 0. The van der Waals surface area contributed by atoms with Gasteiger partial charge in [-0.25, -0.2) is 0 Å². The Labute approximate surface area is 226 Å². The fourth-order valence-corrected chi connectivity index (χ4v) is 2.96. The van der Waals surface area contributed by atoms with Crippen LogP contribution in [0.2, 0.25) is 0 Å². The number of carbonyl (C=O) groups excluding carboxylic acids is 1. The predicted molar refractivity (Wildman–Crippen MR) is 125 cm³/mol. The molecule has 0 bridgehead atoms. The monoisotopic (exact) mass is 599 g/mol. The van der Waals surface area contributed by atoms with Crippen LogP contribution in [0.15, 0.2) is 0 Å². The Kier molecular flexibility index (Phi) is 20.7. The zero-order chi connectivity index (χ0) is 31.9. The first kappa shape index (κ1) is 40.6. The topological polar surface area (TPSA) is 393 Å². The Morgan fingerprint density at radius 3 is 1.50 bits per heavy atom. The normalized spacial score (nSPS) is 29.4. The van der Waals surface area contributed by atoms with Gasteiger partial charge in [0.2, 0.25) is 0 Å². The van der Waals surface area contributed by atoms with E-state index in [-0.39, 0.29) is 12.8 Å². The molecule has 1 aliphatic heterocycles. The summed E-state index contributed by atoms with van der Waals surface area (Å²) in [5.74, 6) is -0.968. The SMILES string of the molecule is NCC(=O)O.O=CC(O)C(O)C(O)C(O)CO.OCC(O)C(O)C(O)C(O)C(O)C1O[C@H](CO)[C@@H](O)[C@H](O)[C@H]1O. The molecule has 0 aromatic heterocycles. The van der Waals surface area contributed by atoms with Gasteiger partial charge in [0, 0.05) is 0 Å². The molecule has 20 heteroatoms. The van der Waals surface area contributed by atoms with E-state index in [0.29, 0.717) is 0 Å². The molecule has 0 aromatic carbocycles. The van der Waals surface area contributed by atoms with Crippen molar-refractivity contribution in [2.24, 2.45) is 5.73 Å². The van der Waals surface area contributed by atoms with Crippen LogP contribution >= 0.6 is 0 Å². The van der Waals surface area contributed by atoms with Gasteiger partial charge in [-0.2, -0.15) is 0 Å². The Bertz CT molecular complexity index is 688. The summed E-state index contributed by atoms with van der Waals surface area (Å²) in [6.07, 6.45) is -25.3. The zero-order valence-electron chi connectivity index (χ0n) is 20.9. The molecule has 1 aliphatic rings. The highest BCUT2D eigenvalue weighted by atomic mass is 16.6. The lowest BCUT2D eigenvalue weighted by molar-refractivity contribution is -0.264. The van der Waals surface area contributed by atoms with Crippen LogP contribution in [0.3, 0.4) is 0 Å². The quantitative estimate of drug-likeness (QED) is 0.0873. The maximum Gasteiger partial charge on any atom is 0.317 e. The number of carboxylic acids is 1. The summed E-state index contributed by atoms with van der Waals surface area (Å²) in [5.41, 5.74) is 4.57. The van der Waals surface area contributed by atoms with Gasteiger partial charge in [-0.15, -0.1) is 0 Å². The van der Waals surface area contributed by atoms with E-state index in [9.17, 15) is 50.4 Å². The molecule has 0 aromatic rings. The standard InChI is InChI=1S/C12H24O11.C6H12O6.C2H5NO2/c13-1-3(15)5(16)7(18)9(20)11(22)12-10(21)8(19)6(17)4(2-14)23-12;7-1-3(9)5(11)6(12)4(10)2-8;3-1-2(4)5/h3-22H,1-2H2;1,3-6,8-12H,2H2;1,3H2,(H,4,5)/t3?,4-,5?,6-,7?,8+,9?,10-,11?,12?;;/m1../s1. The molecule has 1 heterocycles. The first-order valence-electron chi connectivity index (χ1n) is 11.5. The summed E-state index contributed by atoms with van der Waals surface area (Å²) in [5, 5.41) is 146. The minimum atomic E-state index is -2.13. The fourth-order valence-electron chi connectivity index (χ4n) is 2.96. The molecule has 0 radical (unpaired) electrons. The predicted octanol–water partition coefficient (Wildman–Crippen LogP) is -10.7. The van der Waals surface area contributed by atoms with Crippen molar-refractivity contribution in [1.82, 2.24) is 0 Å². The van der Waals surface area contributed by atoms with Crippen molar-refractivity contribution in [1.29, 1.82) is 0 Å². The molecule has 0 aliphatic carbocycles. The molecule has 18 N–H and O–H groups in total. The van der Waals surface area contributed by atoms with Crippen LogP contribution in [0.25, 0.3) is 0 Å². The molecule has 14 atom stereocenters. The number of aliphatic carboxylic acids is 1. The molecule has 10 unspecified atom stereocenters. The summed E-state index contributed by atoms with van der Waals surface area (Å²) in [6.45, 7) is -2.70. The maximum absolute atomic E-state index is 9.98. The van der Waals surface area contributed by atoms with Gasteiger partial charge in [0.05, 0.1) is 26.4 Å². The van der Waals surface area contributed by atoms with E-state index in [2.05, 4.69) is 5.73 Å². The highest BCUT2D eigenvalue weighted by Gasteiger charge is 2.49. The molecule has 0 spiro atoms. The molecule has 20 nitrogen and oxygen atoms in total. The number of carbonyl (C=O) groups is 2. The van der Waals surface area contributed by atoms with E-state index < -0.39 is 111 Å². The van der Waals surface area contributed by atoms with Crippen LogP contribution in [0.5, 0.6) is 0 Å².